The number of hydrogen-bond donors (Lipinski definition) is 2. The van der Waals surface area contributed by atoms with Crippen LogP contribution in [0.25, 0.3) is 11.4 Å². The summed E-state index contributed by atoms with van der Waals surface area (Å²) >= 11 is 0. The van der Waals surface area contributed by atoms with Crippen molar-refractivity contribution in [2.24, 2.45) is 5.73 Å². The SMILES string of the molecule is C=C(CCc1ccc(F)cc1C(=C)C)NCCN(C)/C(=C/C(=C)C1(N)CC1)n1nc(C(C)CCCCC)cc1C. The zero-order valence-corrected chi connectivity index (χ0v) is 25.5. The van der Waals surface area contributed by atoms with Crippen molar-refractivity contribution in [1.29, 1.82) is 0 Å². The van der Waals surface area contributed by atoms with Gasteiger partial charge in [-0.1, -0.05) is 64.5 Å². The van der Waals surface area contributed by atoms with E-state index in [1.807, 2.05) is 17.7 Å². The monoisotopic (exact) mass is 547 g/mol. The van der Waals surface area contributed by atoms with Gasteiger partial charge in [0.25, 0.3) is 0 Å². The highest BCUT2D eigenvalue weighted by molar-refractivity contribution is 5.64. The van der Waals surface area contributed by atoms with Crippen LogP contribution in [0.3, 0.4) is 0 Å². The topological polar surface area (TPSA) is 59.1 Å². The molecule has 0 spiro atoms. The number of nitrogens with one attached hydrogen (secondary N) is 1. The van der Waals surface area contributed by atoms with Crippen molar-refractivity contribution >= 4 is 11.4 Å². The largest absolute Gasteiger partial charge is 0.387 e. The van der Waals surface area contributed by atoms with Crippen molar-refractivity contribution in [2.75, 3.05) is 20.1 Å². The van der Waals surface area contributed by atoms with E-state index in [1.165, 1.54) is 25.3 Å². The molecule has 0 bridgehead atoms. The van der Waals surface area contributed by atoms with Gasteiger partial charge in [-0.25, -0.2) is 9.07 Å². The molecule has 1 unspecified atom stereocenters. The maximum atomic E-state index is 13.7. The molecule has 3 N–H and O–H groups in total. The second kappa shape index (κ2) is 14.0. The van der Waals surface area contributed by atoms with Gasteiger partial charge in [0, 0.05) is 43.0 Å². The summed E-state index contributed by atoms with van der Waals surface area (Å²) in [6.45, 7) is 22.6. The van der Waals surface area contributed by atoms with Gasteiger partial charge >= 0.3 is 0 Å². The molecular weight excluding hydrogens is 497 g/mol. The number of likely N-dealkylation sites (N-methyl/N-ethyl adjacent to an activating group) is 1. The number of aryl methyl sites for hydroxylation is 2. The lowest BCUT2D eigenvalue weighted by Crippen LogP contribution is -2.31. The van der Waals surface area contributed by atoms with E-state index in [4.69, 9.17) is 10.8 Å². The van der Waals surface area contributed by atoms with Crippen molar-refractivity contribution < 1.29 is 4.39 Å². The van der Waals surface area contributed by atoms with Crippen LogP contribution in [0.4, 0.5) is 4.39 Å². The molecule has 218 valence electrons. The Morgan fingerprint density at radius 2 is 1.98 bits per heavy atom. The van der Waals surface area contributed by atoms with Crippen LogP contribution < -0.4 is 11.1 Å². The highest BCUT2D eigenvalue weighted by Crippen LogP contribution is 2.40. The fourth-order valence-corrected chi connectivity index (χ4v) is 4.96. The zero-order chi connectivity index (χ0) is 29.4. The summed E-state index contributed by atoms with van der Waals surface area (Å²) in [6.07, 6.45) is 10.5. The molecule has 0 saturated heterocycles. The van der Waals surface area contributed by atoms with Crippen molar-refractivity contribution in [3.8, 4) is 0 Å². The summed E-state index contributed by atoms with van der Waals surface area (Å²) in [6, 6.07) is 7.13. The molecule has 1 aliphatic rings. The van der Waals surface area contributed by atoms with E-state index in [9.17, 15) is 4.39 Å². The minimum absolute atomic E-state index is 0.235. The lowest BCUT2D eigenvalue weighted by atomic mass is 9.97. The van der Waals surface area contributed by atoms with Gasteiger partial charge in [-0.05, 0) is 86.9 Å². The first-order chi connectivity index (χ1) is 18.9. The second-order valence-electron chi connectivity index (χ2n) is 11.7. The van der Waals surface area contributed by atoms with E-state index in [2.05, 4.69) is 69.9 Å². The van der Waals surface area contributed by atoms with Crippen LogP contribution in [-0.2, 0) is 6.42 Å². The lowest BCUT2D eigenvalue weighted by Gasteiger charge is -2.25. The summed E-state index contributed by atoms with van der Waals surface area (Å²) in [7, 11) is 2.09. The third-order valence-corrected chi connectivity index (χ3v) is 8.04. The molecule has 1 aromatic heterocycles. The molecule has 1 saturated carbocycles. The fourth-order valence-electron chi connectivity index (χ4n) is 4.96. The molecule has 6 heteroatoms. The maximum absolute atomic E-state index is 13.7. The minimum atomic E-state index is -0.293. The zero-order valence-electron chi connectivity index (χ0n) is 25.5. The Morgan fingerprint density at radius 1 is 1.25 bits per heavy atom. The van der Waals surface area contributed by atoms with Gasteiger partial charge in [-0.2, -0.15) is 5.10 Å². The molecule has 0 aliphatic heterocycles. The smallest absolute Gasteiger partial charge is 0.130 e. The van der Waals surface area contributed by atoms with Gasteiger partial charge in [0.1, 0.15) is 11.6 Å². The van der Waals surface area contributed by atoms with Crippen LogP contribution in [0.1, 0.15) is 94.1 Å². The van der Waals surface area contributed by atoms with Gasteiger partial charge < -0.3 is 16.0 Å². The molecular formula is C34H50FN5. The first-order valence-corrected chi connectivity index (χ1v) is 14.8. The third kappa shape index (κ3) is 8.44. The number of unbranched alkanes of at least 4 members (excludes halogenated alkanes) is 2. The van der Waals surface area contributed by atoms with Gasteiger partial charge in [0.15, 0.2) is 0 Å². The van der Waals surface area contributed by atoms with Gasteiger partial charge in [0.2, 0.25) is 0 Å². The van der Waals surface area contributed by atoms with Crippen LogP contribution in [0.15, 0.2) is 61.3 Å². The highest BCUT2D eigenvalue weighted by Gasteiger charge is 2.40. The molecule has 2 aromatic rings. The standard InChI is InChI=1S/C34H50FN5/c1-9-10-11-12-25(4)32-22-28(7)40(38-32)33(21-26(5)34(36)17-18-34)39(8)20-19-37-27(6)13-14-29-15-16-30(35)23-31(29)24(2)3/h15-16,21-23,25,37H,2,5-6,9-14,17-20,36H2,1,3-4,7-8H3/b33-21-. The number of halogens is 1. The Morgan fingerprint density at radius 3 is 2.62 bits per heavy atom. The number of aromatic nitrogens is 2. The normalized spacial score (nSPS) is 15.0. The van der Waals surface area contributed by atoms with Crippen molar-refractivity contribution in [3.05, 3.63) is 89.7 Å². The van der Waals surface area contributed by atoms with Crippen molar-refractivity contribution in [1.82, 2.24) is 20.0 Å². The van der Waals surface area contributed by atoms with Crippen LogP contribution in [0.2, 0.25) is 0 Å². The third-order valence-electron chi connectivity index (χ3n) is 8.04. The Hall–Kier alpha value is -3.12. The number of nitrogens with two attached hydrogens (primary N) is 1. The Kier molecular flexibility index (Phi) is 11.0. The number of nitrogens with zero attached hydrogens (tertiary/aromatic N) is 3. The summed E-state index contributed by atoms with van der Waals surface area (Å²) in [4.78, 5) is 2.21. The Balaban J connectivity index is 1.65. The molecule has 5 nitrogen and oxygen atoms in total. The average molecular weight is 548 g/mol. The van der Waals surface area contributed by atoms with Crippen molar-refractivity contribution in [2.45, 2.75) is 90.5 Å². The molecule has 1 fully saturated rings. The van der Waals surface area contributed by atoms with Gasteiger partial charge in [0.05, 0.1) is 5.69 Å². The summed E-state index contributed by atoms with van der Waals surface area (Å²) in [5, 5.41) is 8.53. The van der Waals surface area contributed by atoms with E-state index in [0.717, 1.165) is 90.4 Å². The summed E-state index contributed by atoms with van der Waals surface area (Å²) in [5.41, 5.74) is 13.2. The highest BCUT2D eigenvalue weighted by atomic mass is 19.1. The van der Waals surface area contributed by atoms with Gasteiger partial charge in [-0.15, -0.1) is 0 Å². The number of rotatable bonds is 17. The molecule has 0 radical (unpaired) electrons. The number of hydrogen-bond acceptors (Lipinski definition) is 4. The fraction of sp³-hybridized carbons (Fsp3) is 0.500. The van der Waals surface area contributed by atoms with Gasteiger partial charge in [-0.3, -0.25) is 0 Å². The van der Waals surface area contributed by atoms with E-state index >= 15 is 0 Å². The van der Waals surface area contributed by atoms with E-state index in [1.54, 1.807) is 6.07 Å². The first-order valence-electron chi connectivity index (χ1n) is 14.8. The summed E-state index contributed by atoms with van der Waals surface area (Å²) in [5.74, 6) is 1.17. The average Bonchev–Trinajstić information content (AvgIpc) is 3.55. The van der Waals surface area contributed by atoms with Crippen LogP contribution in [0, 0.1) is 12.7 Å². The predicted octanol–water partition coefficient (Wildman–Crippen LogP) is 7.56. The number of benzene rings is 1. The second-order valence-corrected chi connectivity index (χ2v) is 11.7. The molecule has 1 aromatic carbocycles. The quantitative estimate of drug-likeness (QED) is 0.158. The number of allylic oxidation sites excluding steroid dienone is 2. The maximum Gasteiger partial charge on any atom is 0.130 e. The minimum Gasteiger partial charge on any atom is -0.387 e. The molecule has 0 amide bonds. The Bertz CT molecular complexity index is 1230. The van der Waals surface area contributed by atoms with E-state index in [0.29, 0.717) is 5.92 Å². The lowest BCUT2D eigenvalue weighted by molar-refractivity contribution is 0.438. The predicted molar refractivity (Wildman–Crippen MR) is 168 cm³/mol. The van der Waals surface area contributed by atoms with Crippen molar-refractivity contribution in [3.63, 3.8) is 0 Å². The molecule has 1 atom stereocenters. The van der Waals surface area contributed by atoms with E-state index < -0.39 is 0 Å². The molecule has 40 heavy (non-hydrogen) atoms. The van der Waals surface area contributed by atoms with Crippen LogP contribution >= 0.6 is 0 Å². The first kappa shape index (κ1) is 31.4. The van der Waals surface area contributed by atoms with E-state index in [-0.39, 0.29) is 11.4 Å². The summed E-state index contributed by atoms with van der Waals surface area (Å²) < 4.78 is 15.8. The molecule has 3 rings (SSSR count). The molecule has 1 heterocycles. The van der Waals surface area contributed by atoms with Crippen LogP contribution in [0.5, 0.6) is 0 Å². The van der Waals surface area contributed by atoms with Crippen LogP contribution in [-0.4, -0.2) is 40.4 Å². The molecule has 1 aliphatic carbocycles. The Labute approximate surface area is 241 Å².